The third kappa shape index (κ3) is 2.99. The van der Waals surface area contributed by atoms with Crippen molar-refractivity contribution in [3.05, 3.63) is 78.4 Å². The van der Waals surface area contributed by atoms with Crippen molar-refractivity contribution in [2.24, 2.45) is 0 Å². The van der Waals surface area contributed by atoms with Gasteiger partial charge in [0, 0.05) is 5.39 Å². The fourth-order valence-corrected chi connectivity index (χ4v) is 3.17. The monoisotopic (exact) mass is 346 g/mol. The molecule has 0 aliphatic carbocycles. The maximum atomic E-state index is 12.6. The van der Waals surface area contributed by atoms with Gasteiger partial charge in [0.05, 0.1) is 6.54 Å². The van der Waals surface area contributed by atoms with Gasteiger partial charge in [0.15, 0.2) is 0 Å². The normalized spacial score (nSPS) is 16.8. The van der Waals surface area contributed by atoms with E-state index in [1.165, 1.54) is 4.90 Å². The Morgan fingerprint density at radius 1 is 0.885 bits per heavy atom. The van der Waals surface area contributed by atoms with Gasteiger partial charge in [0.1, 0.15) is 18.4 Å². The van der Waals surface area contributed by atoms with E-state index in [-0.39, 0.29) is 25.1 Å². The molecule has 0 bridgehead atoms. The van der Waals surface area contributed by atoms with Crippen molar-refractivity contribution in [3.63, 3.8) is 0 Å². The van der Waals surface area contributed by atoms with E-state index in [4.69, 9.17) is 4.74 Å². The van der Waals surface area contributed by atoms with Crippen LogP contribution in [-0.2, 0) is 4.79 Å². The van der Waals surface area contributed by atoms with Crippen LogP contribution >= 0.6 is 0 Å². The van der Waals surface area contributed by atoms with Crippen molar-refractivity contribution in [3.8, 4) is 5.75 Å². The molecule has 5 heteroatoms. The zero-order valence-electron chi connectivity index (χ0n) is 14.1. The second kappa shape index (κ2) is 6.88. The number of carbonyl (C=O) groups excluding carboxylic acids is 2. The number of carbonyl (C=O) groups is 2. The lowest BCUT2D eigenvalue weighted by atomic mass is 10.1. The van der Waals surface area contributed by atoms with Gasteiger partial charge in [0.25, 0.3) is 5.91 Å². The van der Waals surface area contributed by atoms with Crippen molar-refractivity contribution < 1.29 is 14.3 Å². The smallest absolute Gasteiger partial charge is 0.325 e. The first-order valence-corrected chi connectivity index (χ1v) is 8.51. The fourth-order valence-electron chi connectivity index (χ4n) is 3.17. The molecule has 1 atom stereocenters. The van der Waals surface area contributed by atoms with Gasteiger partial charge in [0.2, 0.25) is 0 Å². The molecule has 1 fully saturated rings. The Kier molecular flexibility index (Phi) is 4.27. The van der Waals surface area contributed by atoms with Crippen molar-refractivity contribution in [1.82, 2.24) is 10.2 Å². The summed E-state index contributed by atoms with van der Waals surface area (Å²) in [6.07, 6.45) is 0. The summed E-state index contributed by atoms with van der Waals surface area (Å²) in [4.78, 5) is 25.9. The molecule has 4 rings (SSSR count). The van der Waals surface area contributed by atoms with Crippen molar-refractivity contribution >= 4 is 22.7 Å². The molecule has 0 radical (unpaired) electrons. The first-order chi connectivity index (χ1) is 12.7. The van der Waals surface area contributed by atoms with E-state index in [0.29, 0.717) is 0 Å². The van der Waals surface area contributed by atoms with E-state index in [9.17, 15) is 9.59 Å². The Bertz CT molecular complexity index is 950. The largest absolute Gasteiger partial charge is 0.491 e. The van der Waals surface area contributed by atoms with Gasteiger partial charge >= 0.3 is 6.03 Å². The van der Waals surface area contributed by atoms with Crippen LogP contribution in [0.25, 0.3) is 10.8 Å². The maximum absolute atomic E-state index is 12.6. The van der Waals surface area contributed by atoms with Crippen LogP contribution in [0.2, 0.25) is 0 Å². The number of hydrogen-bond acceptors (Lipinski definition) is 3. The number of amides is 3. The number of rotatable bonds is 5. The molecule has 1 aliphatic rings. The van der Waals surface area contributed by atoms with Crippen LogP contribution in [0.4, 0.5) is 4.79 Å². The predicted octanol–water partition coefficient (Wildman–Crippen LogP) is 3.51. The second-order valence-corrected chi connectivity index (χ2v) is 6.11. The van der Waals surface area contributed by atoms with Crippen LogP contribution in [0.5, 0.6) is 5.75 Å². The number of urea groups is 1. The summed E-state index contributed by atoms with van der Waals surface area (Å²) in [6.45, 7) is 0.450. The molecular weight excluding hydrogens is 328 g/mol. The van der Waals surface area contributed by atoms with Crippen LogP contribution in [-0.4, -0.2) is 30.0 Å². The molecule has 1 saturated heterocycles. The molecule has 3 aromatic carbocycles. The fraction of sp³-hybridized carbons (Fsp3) is 0.143. The number of ether oxygens (including phenoxy) is 1. The van der Waals surface area contributed by atoms with E-state index in [1.54, 1.807) is 0 Å². The molecule has 1 aliphatic heterocycles. The molecule has 5 nitrogen and oxygen atoms in total. The molecule has 0 aromatic heterocycles. The van der Waals surface area contributed by atoms with Crippen LogP contribution in [0.15, 0.2) is 72.8 Å². The lowest BCUT2D eigenvalue weighted by molar-refractivity contribution is -0.127. The van der Waals surface area contributed by atoms with Gasteiger partial charge in [-0.3, -0.25) is 9.69 Å². The summed E-state index contributed by atoms with van der Waals surface area (Å²) < 4.78 is 5.84. The highest BCUT2D eigenvalue weighted by Crippen LogP contribution is 2.25. The number of fused-ring (bicyclic) bond motifs is 1. The zero-order valence-corrected chi connectivity index (χ0v) is 14.1. The zero-order chi connectivity index (χ0) is 17.9. The van der Waals surface area contributed by atoms with Crippen LogP contribution in [0.3, 0.4) is 0 Å². The van der Waals surface area contributed by atoms with E-state index >= 15 is 0 Å². The summed E-state index contributed by atoms with van der Waals surface area (Å²) in [7, 11) is 0. The lowest BCUT2D eigenvalue weighted by Crippen LogP contribution is -2.34. The molecule has 3 amide bonds. The minimum Gasteiger partial charge on any atom is -0.491 e. The Morgan fingerprint density at radius 3 is 2.46 bits per heavy atom. The van der Waals surface area contributed by atoms with Crippen molar-refractivity contribution in [1.29, 1.82) is 0 Å². The van der Waals surface area contributed by atoms with Crippen LogP contribution in [0, 0.1) is 0 Å². The highest BCUT2D eigenvalue weighted by Gasteiger charge is 2.38. The molecule has 130 valence electrons. The Hall–Kier alpha value is -3.34. The van der Waals surface area contributed by atoms with Gasteiger partial charge in [-0.2, -0.15) is 0 Å². The highest BCUT2D eigenvalue weighted by molar-refractivity contribution is 6.04. The Morgan fingerprint density at radius 2 is 1.62 bits per heavy atom. The second-order valence-electron chi connectivity index (χ2n) is 6.11. The van der Waals surface area contributed by atoms with Crippen LogP contribution in [0.1, 0.15) is 11.6 Å². The minimum absolute atomic E-state index is 0.206. The number of nitrogens with one attached hydrogen (secondary N) is 1. The van der Waals surface area contributed by atoms with E-state index in [1.807, 2.05) is 72.8 Å². The van der Waals surface area contributed by atoms with E-state index < -0.39 is 6.04 Å². The summed E-state index contributed by atoms with van der Waals surface area (Å²) in [5.41, 5.74) is 0.781. The number of imide groups is 1. The maximum Gasteiger partial charge on any atom is 0.325 e. The lowest BCUT2D eigenvalue weighted by Gasteiger charge is -2.15. The number of hydrogen-bond donors (Lipinski definition) is 1. The molecule has 1 heterocycles. The SMILES string of the molecule is O=C1NC(c2ccccc2)C(=O)N1CCOc1cccc2ccccc12. The standard InChI is InChI=1S/C21H18N2O3/c24-20-19(16-8-2-1-3-9-16)22-21(25)23(20)13-14-26-18-12-6-10-15-7-4-5-11-17(15)18/h1-12,19H,13-14H2,(H,22,25). The summed E-state index contributed by atoms with van der Waals surface area (Å²) in [6, 6.07) is 22.0. The molecule has 26 heavy (non-hydrogen) atoms. The first kappa shape index (κ1) is 16.1. The molecular formula is C21H18N2O3. The van der Waals surface area contributed by atoms with Gasteiger partial charge < -0.3 is 10.1 Å². The van der Waals surface area contributed by atoms with Crippen LogP contribution < -0.4 is 10.1 Å². The molecule has 0 saturated carbocycles. The highest BCUT2D eigenvalue weighted by atomic mass is 16.5. The minimum atomic E-state index is -0.624. The third-order valence-electron chi connectivity index (χ3n) is 4.48. The number of nitrogens with zero attached hydrogens (tertiary/aromatic N) is 1. The Balaban J connectivity index is 1.43. The Labute approximate surface area is 151 Å². The summed E-state index contributed by atoms with van der Waals surface area (Å²) in [5, 5.41) is 4.83. The van der Waals surface area contributed by atoms with Crippen molar-refractivity contribution in [2.45, 2.75) is 6.04 Å². The van der Waals surface area contributed by atoms with Gasteiger partial charge in [-0.1, -0.05) is 66.7 Å². The quantitative estimate of drug-likeness (QED) is 0.719. The topological polar surface area (TPSA) is 58.6 Å². The molecule has 1 unspecified atom stereocenters. The first-order valence-electron chi connectivity index (χ1n) is 8.51. The third-order valence-corrected chi connectivity index (χ3v) is 4.48. The van der Waals surface area contributed by atoms with Gasteiger partial charge in [-0.05, 0) is 17.0 Å². The summed E-state index contributed by atoms with van der Waals surface area (Å²) >= 11 is 0. The molecule has 1 N–H and O–H groups in total. The predicted molar refractivity (Wildman–Crippen MR) is 98.9 cm³/mol. The molecule has 3 aromatic rings. The van der Waals surface area contributed by atoms with E-state index in [2.05, 4.69) is 5.32 Å². The van der Waals surface area contributed by atoms with Crippen molar-refractivity contribution in [2.75, 3.05) is 13.2 Å². The number of benzene rings is 3. The molecule has 0 spiro atoms. The summed E-state index contributed by atoms with van der Waals surface area (Å²) in [5.74, 6) is 0.498. The average molecular weight is 346 g/mol. The van der Waals surface area contributed by atoms with Gasteiger partial charge in [-0.15, -0.1) is 0 Å². The average Bonchev–Trinajstić information content (AvgIpc) is 2.97. The van der Waals surface area contributed by atoms with E-state index in [0.717, 1.165) is 22.1 Å². The van der Waals surface area contributed by atoms with Gasteiger partial charge in [-0.25, -0.2) is 4.79 Å².